The molecule has 3 rings (SSSR count). The van der Waals surface area contributed by atoms with Crippen LogP contribution < -0.4 is 5.32 Å². The molecule has 1 unspecified atom stereocenters. The molecule has 3 heterocycles. The van der Waals surface area contributed by atoms with E-state index in [1.165, 1.54) is 6.42 Å². The van der Waals surface area contributed by atoms with Crippen LogP contribution in [-0.2, 0) is 14.2 Å². The first-order chi connectivity index (χ1) is 11.7. The number of piperidine rings is 1. The molecule has 0 aromatic heterocycles. The summed E-state index contributed by atoms with van der Waals surface area (Å²) in [6.07, 6.45) is 5.16. The van der Waals surface area contributed by atoms with Crippen molar-refractivity contribution in [1.82, 2.24) is 10.2 Å². The highest BCUT2D eigenvalue weighted by molar-refractivity contribution is 5.80. The molecular formula is C18H33N3O3. The second-order valence-electron chi connectivity index (χ2n) is 7.63. The Morgan fingerprint density at radius 3 is 2.67 bits per heavy atom. The SMILES string of the molecule is CCNC(=NCC1(C)COC1)N1CCC(OCC2CCCO2)CC1. The highest BCUT2D eigenvalue weighted by Crippen LogP contribution is 2.26. The maximum atomic E-state index is 6.07. The van der Waals surface area contributed by atoms with Crippen LogP contribution in [0, 0.1) is 5.41 Å². The largest absolute Gasteiger partial charge is 0.380 e. The summed E-state index contributed by atoms with van der Waals surface area (Å²) in [5.41, 5.74) is 0.226. The van der Waals surface area contributed by atoms with Gasteiger partial charge < -0.3 is 24.4 Å². The lowest BCUT2D eigenvalue weighted by atomic mass is 9.89. The molecule has 3 fully saturated rings. The second kappa shape index (κ2) is 8.50. The Hall–Kier alpha value is -0.850. The summed E-state index contributed by atoms with van der Waals surface area (Å²) in [6, 6.07) is 0. The first-order valence-corrected chi connectivity index (χ1v) is 9.53. The van der Waals surface area contributed by atoms with Crippen LogP contribution in [0.2, 0.25) is 0 Å². The van der Waals surface area contributed by atoms with Gasteiger partial charge in [-0.25, -0.2) is 0 Å². The fourth-order valence-corrected chi connectivity index (χ4v) is 3.49. The van der Waals surface area contributed by atoms with E-state index in [0.29, 0.717) is 12.2 Å². The molecule has 24 heavy (non-hydrogen) atoms. The monoisotopic (exact) mass is 339 g/mol. The summed E-state index contributed by atoms with van der Waals surface area (Å²) in [4.78, 5) is 7.23. The molecule has 0 saturated carbocycles. The maximum absolute atomic E-state index is 6.07. The van der Waals surface area contributed by atoms with Crippen LogP contribution in [0.3, 0.4) is 0 Å². The van der Waals surface area contributed by atoms with Crippen LogP contribution in [0.4, 0.5) is 0 Å². The number of hydrogen-bond donors (Lipinski definition) is 1. The van der Waals surface area contributed by atoms with Gasteiger partial charge in [-0.2, -0.15) is 0 Å². The van der Waals surface area contributed by atoms with Gasteiger partial charge in [0.15, 0.2) is 5.96 Å². The predicted octanol–water partition coefficient (Wildman–Crippen LogP) is 1.65. The van der Waals surface area contributed by atoms with Crippen molar-refractivity contribution in [2.24, 2.45) is 10.4 Å². The Morgan fingerprint density at radius 1 is 1.29 bits per heavy atom. The topological polar surface area (TPSA) is 55.3 Å². The van der Waals surface area contributed by atoms with Gasteiger partial charge in [0.1, 0.15) is 0 Å². The van der Waals surface area contributed by atoms with E-state index in [0.717, 1.165) is 77.8 Å². The first kappa shape index (κ1) is 18.0. The van der Waals surface area contributed by atoms with Gasteiger partial charge in [0.05, 0.1) is 38.6 Å². The van der Waals surface area contributed by atoms with Crippen molar-refractivity contribution in [2.45, 2.75) is 51.7 Å². The van der Waals surface area contributed by atoms with Crippen molar-refractivity contribution in [3.05, 3.63) is 0 Å². The molecular weight excluding hydrogens is 306 g/mol. The molecule has 0 aromatic carbocycles. The lowest BCUT2D eigenvalue weighted by molar-refractivity contribution is -0.0946. The van der Waals surface area contributed by atoms with E-state index in [1.807, 2.05) is 0 Å². The third kappa shape index (κ3) is 4.83. The molecule has 3 aliphatic rings. The third-order valence-electron chi connectivity index (χ3n) is 5.13. The number of nitrogens with zero attached hydrogens (tertiary/aromatic N) is 2. The van der Waals surface area contributed by atoms with Crippen LogP contribution in [0.5, 0.6) is 0 Å². The normalized spacial score (nSPS) is 28.0. The van der Waals surface area contributed by atoms with Crippen LogP contribution in [0.15, 0.2) is 4.99 Å². The average molecular weight is 339 g/mol. The Balaban J connectivity index is 1.43. The van der Waals surface area contributed by atoms with Crippen LogP contribution in [0.1, 0.15) is 39.5 Å². The molecule has 6 heteroatoms. The molecule has 0 spiro atoms. The molecule has 0 bridgehead atoms. The molecule has 1 N–H and O–H groups in total. The van der Waals surface area contributed by atoms with Crippen molar-refractivity contribution >= 4 is 5.96 Å². The number of likely N-dealkylation sites (tertiary alicyclic amines) is 1. The van der Waals surface area contributed by atoms with E-state index in [4.69, 9.17) is 19.2 Å². The van der Waals surface area contributed by atoms with Crippen LogP contribution in [0.25, 0.3) is 0 Å². The molecule has 1 atom stereocenters. The lowest BCUT2D eigenvalue weighted by Crippen LogP contribution is -2.48. The zero-order valence-electron chi connectivity index (χ0n) is 15.3. The molecule has 3 aliphatic heterocycles. The van der Waals surface area contributed by atoms with Crippen molar-refractivity contribution in [3.63, 3.8) is 0 Å². The van der Waals surface area contributed by atoms with E-state index < -0.39 is 0 Å². The van der Waals surface area contributed by atoms with Crippen molar-refractivity contribution in [1.29, 1.82) is 0 Å². The number of guanidine groups is 1. The average Bonchev–Trinajstić information content (AvgIpc) is 3.09. The number of hydrogen-bond acceptors (Lipinski definition) is 4. The van der Waals surface area contributed by atoms with Gasteiger partial charge in [-0.3, -0.25) is 4.99 Å². The van der Waals surface area contributed by atoms with Crippen molar-refractivity contribution in [2.75, 3.05) is 52.6 Å². The number of nitrogens with one attached hydrogen (secondary N) is 1. The quantitative estimate of drug-likeness (QED) is 0.589. The third-order valence-corrected chi connectivity index (χ3v) is 5.13. The Bertz CT molecular complexity index is 412. The molecule has 0 aliphatic carbocycles. The molecule has 0 radical (unpaired) electrons. The fourth-order valence-electron chi connectivity index (χ4n) is 3.49. The zero-order valence-corrected chi connectivity index (χ0v) is 15.3. The summed E-state index contributed by atoms with van der Waals surface area (Å²) in [5, 5.41) is 3.44. The summed E-state index contributed by atoms with van der Waals surface area (Å²) >= 11 is 0. The fraction of sp³-hybridized carbons (Fsp3) is 0.944. The first-order valence-electron chi connectivity index (χ1n) is 9.53. The molecule has 138 valence electrons. The highest BCUT2D eigenvalue weighted by Gasteiger charge is 2.33. The summed E-state index contributed by atoms with van der Waals surface area (Å²) in [5.74, 6) is 1.04. The highest BCUT2D eigenvalue weighted by atomic mass is 16.5. The van der Waals surface area contributed by atoms with Crippen molar-refractivity contribution in [3.8, 4) is 0 Å². The predicted molar refractivity (Wildman–Crippen MR) is 94.4 cm³/mol. The van der Waals surface area contributed by atoms with Crippen LogP contribution >= 0.6 is 0 Å². The van der Waals surface area contributed by atoms with Gasteiger partial charge in [-0.05, 0) is 32.6 Å². The zero-order chi connectivity index (χ0) is 16.8. The van der Waals surface area contributed by atoms with Crippen molar-refractivity contribution < 1.29 is 14.2 Å². The smallest absolute Gasteiger partial charge is 0.193 e. The van der Waals surface area contributed by atoms with Gasteiger partial charge >= 0.3 is 0 Å². The molecule has 0 amide bonds. The summed E-state index contributed by atoms with van der Waals surface area (Å²) < 4.78 is 17.0. The number of rotatable bonds is 6. The van der Waals surface area contributed by atoms with Crippen LogP contribution in [-0.4, -0.2) is 75.7 Å². The maximum Gasteiger partial charge on any atom is 0.193 e. The minimum Gasteiger partial charge on any atom is -0.380 e. The Kier molecular flexibility index (Phi) is 6.36. The number of ether oxygens (including phenoxy) is 3. The number of aliphatic imine (C=N–C) groups is 1. The van der Waals surface area contributed by atoms with Gasteiger partial charge in [0.2, 0.25) is 0 Å². The Labute approximate surface area is 145 Å². The van der Waals surface area contributed by atoms with E-state index in [-0.39, 0.29) is 5.41 Å². The van der Waals surface area contributed by atoms with E-state index in [1.54, 1.807) is 0 Å². The standard InChI is InChI=1S/C18H33N3O3/c1-3-19-17(20-12-18(2)13-22-14-18)21-8-6-15(7-9-21)24-11-16-5-4-10-23-16/h15-16H,3-14H2,1-2H3,(H,19,20). The minimum absolute atomic E-state index is 0.226. The van der Waals surface area contributed by atoms with E-state index >= 15 is 0 Å². The van der Waals surface area contributed by atoms with Gasteiger partial charge in [0, 0.05) is 31.7 Å². The molecule has 6 nitrogen and oxygen atoms in total. The van der Waals surface area contributed by atoms with E-state index in [9.17, 15) is 0 Å². The van der Waals surface area contributed by atoms with Gasteiger partial charge in [-0.1, -0.05) is 6.92 Å². The van der Waals surface area contributed by atoms with E-state index in [2.05, 4.69) is 24.1 Å². The lowest BCUT2D eigenvalue weighted by Gasteiger charge is -2.38. The summed E-state index contributed by atoms with van der Waals surface area (Å²) in [6.45, 7) is 11.5. The van der Waals surface area contributed by atoms with Gasteiger partial charge in [-0.15, -0.1) is 0 Å². The Morgan fingerprint density at radius 2 is 2.08 bits per heavy atom. The second-order valence-corrected chi connectivity index (χ2v) is 7.63. The summed E-state index contributed by atoms with van der Waals surface area (Å²) in [7, 11) is 0. The minimum atomic E-state index is 0.226. The van der Waals surface area contributed by atoms with Gasteiger partial charge in [0.25, 0.3) is 0 Å². The molecule has 3 saturated heterocycles. The molecule has 0 aromatic rings.